The van der Waals surface area contributed by atoms with Crippen molar-refractivity contribution in [2.45, 2.75) is 11.8 Å². The second kappa shape index (κ2) is 4.46. The molecule has 18 heavy (non-hydrogen) atoms. The number of halogens is 1. The summed E-state index contributed by atoms with van der Waals surface area (Å²) in [6, 6.07) is 2.66. The Morgan fingerprint density at radius 2 is 2.17 bits per heavy atom. The Hall–Kier alpha value is -1.80. The number of hydrogen-bond donors (Lipinski definition) is 2. The number of nitrogens with one attached hydrogen (secondary N) is 1. The van der Waals surface area contributed by atoms with Gasteiger partial charge in [-0.2, -0.15) is 0 Å². The van der Waals surface area contributed by atoms with Crippen molar-refractivity contribution >= 4 is 33.3 Å². The number of nitrogens with two attached hydrogens (primary N) is 1. The van der Waals surface area contributed by atoms with Crippen LogP contribution in [0.2, 0.25) is 5.02 Å². The smallest absolute Gasteiger partial charge is 0.264 e. The molecule has 0 aromatic carbocycles. The molecule has 0 fully saturated rings. The summed E-state index contributed by atoms with van der Waals surface area (Å²) >= 11 is 5.71. The first-order valence-electron chi connectivity index (χ1n) is 4.75. The van der Waals surface area contributed by atoms with Gasteiger partial charge in [0.2, 0.25) is 0 Å². The van der Waals surface area contributed by atoms with E-state index in [1.807, 2.05) is 0 Å². The van der Waals surface area contributed by atoms with E-state index in [-0.39, 0.29) is 21.6 Å². The minimum Gasteiger partial charge on any atom is -0.382 e. The van der Waals surface area contributed by atoms with Crippen molar-refractivity contribution in [3.63, 3.8) is 0 Å². The fourth-order valence-corrected chi connectivity index (χ4v) is 2.37. The van der Waals surface area contributed by atoms with E-state index in [9.17, 15) is 8.42 Å². The third-order valence-electron chi connectivity index (χ3n) is 2.02. The lowest BCUT2D eigenvalue weighted by Crippen LogP contribution is -2.13. The van der Waals surface area contributed by atoms with Crippen LogP contribution in [-0.4, -0.2) is 18.6 Å². The molecule has 2 rings (SSSR count). The van der Waals surface area contributed by atoms with E-state index in [4.69, 9.17) is 21.9 Å². The molecular formula is C9H9ClN4O3S. The van der Waals surface area contributed by atoms with Crippen molar-refractivity contribution in [1.82, 2.24) is 10.1 Å². The van der Waals surface area contributed by atoms with Crippen LogP contribution in [0, 0.1) is 6.92 Å². The average molecular weight is 289 g/mol. The monoisotopic (exact) mass is 288 g/mol. The summed E-state index contributed by atoms with van der Waals surface area (Å²) < 4.78 is 30.9. The van der Waals surface area contributed by atoms with Crippen molar-refractivity contribution in [3.05, 3.63) is 29.1 Å². The maximum atomic E-state index is 11.9. The number of rotatable bonds is 3. The van der Waals surface area contributed by atoms with Crippen molar-refractivity contribution in [2.24, 2.45) is 0 Å². The van der Waals surface area contributed by atoms with Crippen LogP contribution in [0.3, 0.4) is 0 Å². The first kappa shape index (κ1) is 12.7. The molecule has 7 nitrogen and oxygen atoms in total. The largest absolute Gasteiger partial charge is 0.382 e. The highest BCUT2D eigenvalue weighted by atomic mass is 35.5. The minimum atomic E-state index is -3.81. The summed E-state index contributed by atoms with van der Waals surface area (Å²) in [7, 11) is -3.81. The SMILES string of the molecule is Cc1cc(NS(=O)(=O)c2cnc(N)c(Cl)c2)no1. The summed E-state index contributed by atoms with van der Waals surface area (Å²) in [6.07, 6.45) is 1.11. The summed E-state index contributed by atoms with van der Waals surface area (Å²) in [4.78, 5) is 3.57. The van der Waals surface area contributed by atoms with Crippen molar-refractivity contribution in [2.75, 3.05) is 10.5 Å². The average Bonchev–Trinajstić information content (AvgIpc) is 2.67. The van der Waals surface area contributed by atoms with Crippen LogP contribution in [0.5, 0.6) is 0 Å². The predicted molar refractivity (Wildman–Crippen MR) is 65.7 cm³/mol. The molecule has 0 atom stereocenters. The molecule has 2 heterocycles. The zero-order valence-corrected chi connectivity index (χ0v) is 10.8. The van der Waals surface area contributed by atoms with Gasteiger partial charge in [0.25, 0.3) is 10.0 Å². The quantitative estimate of drug-likeness (QED) is 0.883. The van der Waals surface area contributed by atoms with Gasteiger partial charge < -0.3 is 10.3 Å². The van der Waals surface area contributed by atoms with Crippen LogP contribution < -0.4 is 10.5 Å². The lowest BCUT2D eigenvalue weighted by molar-refractivity contribution is 0.400. The summed E-state index contributed by atoms with van der Waals surface area (Å²) in [6.45, 7) is 1.65. The van der Waals surface area contributed by atoms with E-state index in [1.54, 1.807) is 6.92 Å². The zero-order valence-electron chi connectivity index (χ0n) is 9.21. The summed E-state index contributed by atoms with van der Waals surface area (Å²) in [5.74, 6) is 0.634. The molecule has 96 valence electrons. The topological polar surface area (TPSA) is 111 Å². The third kappa shape index (κ3) is 2.54. The molecule has 0 aliphatic heterocycles. The van der Waals surface area contributed by atoms with Gasteiger partial charge in [-0.05, 0) is 13.0 Å². The molecule has 0 radical (unpaired) electrons. The van der Waals surface area contributed by atoms with Gasteiger partial charge in [0, 0.05) is 12.3 Å². The molecule has 0 unspecified atom stereocenters. The van der Waals surface area contributed by atoms with Crippen LogP contribution in [0.4, 0.5) is 11.6 Å². The Balaban J connectivity index is 2.33. The Kier molecular flexibility index (Phi) is 3.14. The number of aromatic nitrogens is 2. The highest BCUT2D eigenvalue weighted by molar-refractivity contribution is 7.92. The number of hydrogen-bond acceptors (Lipinski definition) is 6. The van der Waals surface area contributed by atoms with E-state index in [1.165, 1.54) is 12.1 Å². The molecule has 0 saturated carbocycles. The van der Waals surface area contributed by atoms with Crippen molar-refractivity contribution in [3.8, 4) is 0 Å². The highest BCUT2D eigenvalue weighted by Gasteiger charge is 2.17. The molecule has 0 aliphatic rings. The van der Waals surface area contributed by atoms with E-state index in [0.29, 0.717) is 5.76 Å². The van der Waals surface area contributed by atoms with Gasteiger partial charge in [-0.3, -0.25) is 4.72 Å². The zero-order chi connectivity index (χ0) is 13.3. The van der Waals surface area contributed by atoms with E-state index < -0.39 is 10.0 Å². The maximum Gasteiger partial charge on any atom is 0.264 e. The number of sulfonamides is 1. The lowest BCUT2D eigenvalue weighted by Gasteiger charge is -2.05. The van der Waals surface area contributed by atoms with Crippen molar-refractivity contribution < 1.29 is 12.9 Å². The van der Waals surface area contributed by atoms with Gasteiger partial charge in [0.05, 0.1) is 5.02 Å². The number of nitrogen functional groups attached to an aromatic ring is 1. The van der Waals surface area contributed by atoms with E-state index in [0.717, 1.165) is 6.20 Å². The first-order valence-corrected chi connectivity index (χ1v) is 6.62. The van der Waals surface area contributed by atoms with Crippen LogP contribution >= 0.6 is 11.6 Å². The molecule has 0 aliphatic carbocycles. The Morgan fingerprint density at radius 1 is 1.44 bits per heavy atom. The molecule has 2 aromatic heterocycles. The lowest BCUT2D eigenvalue weighted by atomic mass is 10.5. The fraction of sp³-hybridized carbons (Fsp3) is 0.111. The second-order valence-electron chi connectivity index (χ2n) is 3.47. The first-order chi connectivity index (χ1) is 8.38. The molecule has 0 saturated heterocycles. The van der Waals surface area contributed by atoms with Gasteiger partial charge in [0.15, 0.2) is 5.82 Å². The molecule has 0 amide bonds. The van der Waals surface area contributed by atoms with Gasteiger partial charge in [-0.1, -0.05) is 16.8 Å². The van der Waals surface area contributed by atoms with E-state index in [2.05, 4.69) is 14.9 Å². The van der Waals surface area contributed by atoms with E-state index >= 15 is 0 Å². The number of nitrogens with zero attached hydrogens (tertiary/aromatic N) is 2. The summed E-state index contributed by atoms with van der Waals surface area (Å²) in [5, 5.41) is 3.59. The molecular weight excluding hydrogens is 280 g/mol. The normalized spacial score (nSPS) is 11.4. The molecule has 0 spiro atoms. The minimum absolute atomic E-state index is 0.0629. The Labute approximate surface area is 108 Å². The molecule has 0 bridgehead atoms. The Morgan fingerprint density at radius 3 is 2.72 bits per heavy atom. The number of anilines is 2. The standard InChI is InChI=1S/C9H9ClN4O3S/c1-5-2-8(13-17-5)14-18(15,16)6-3-7(10)9(11)12-4-6/h2-4H,1H3,(H2,11,12)(H,13,14). The van der Waals surface area contributed by atoms with Gasteiger partial charge in [0.1, 0.15) is 16.5 Å². The van der Waals surface area contributed by atoms with Gasteiger partial charge in [-0.25, -0.2) is 13.4 Å². The number of pyridine rings is 1. The molecule has 2 aromatic rings. The van der Waals surface area contributed by atoms with Crippen LogP contribution in [0.25, 0.3) is 0 Å². The van der Waals surface area contributed by atoms with Gasteiger partial charge >= 0.3 is 0 Å². The maximum absolute atomic E-state index is 11.9. The van der Waals surface area contributed by atoms with Crippen LogP contribution in [0.1, 0.15) is 5.76 Å². The molecule has 9 heteroatoms. The highest BCUT2D eigenvalue weighted by Crippen LogP contribution is 2.21. The predicted octanol–water partition coefficient (Wildman–Crippen LogP) is 1.41. The second-order valence-corrected chi connectivity index (χ2v) is 5.56. The van der Waals surface area contributed by atoms with Crippen molar-refractivity contribution in [1.29, 1.82) is 0 Å². The molecule has 3 N–H and O–H groups in total. The van der Waals surface area contributed by atoms with Crippen LogP contribution in [0.15, 0.2) is 27.7 Å². The Bertz CT molecular complexity index is 683. The fourth-order valence-electron chi connectivity index (χ4n) is 1.19. The summed E-state index contributed by atoms with van der Waals surface area (Å²) in [5.41, 5.74) is 5.40. The van der Waals surface area contributed by atoms with Crippen LogP contribution in [-0.2, 0) is 10.0 Å². The third-order valence-corrected chi connectivity index (χ3v) is 3.65. The van der Waals surface area contributed by atoms with Gasteiger partial charge in [-0.15, -0.1) is 0 Å². The number of aryl methyl sites for hydroxylation is 1.